The molecule has 1 heterocycles. The van der Waals surface area contributed by atoms with Crippen LogP contribution in [0, 0.1) is 0 Å². The number of hydrogen-bond donors (Lipinski definition) is 1. The van der Waals surface area contributed by atoms with E-state index < -0.39 is 17.9 Å². The summed E-state index contributed by atoms with van der Waals surface area (Å²) in [6.07, 6.45) is -1.39. The number of thioether (sulfide) groups is 1. The van der Waals surface area contributed by atoms with E-state index >= 15 is 0 Å². The Morgan fingerprint density at radius 3 is 2.57 bits per heavy atom. The summed E-state index contributed by atoms with van der Waals surface area (Å²) in [7, 11) is 0. The number of phenols is 1. The maximum atomic E-state index is 12.5. The summed E-state index contributed by atoms with van der Waals surface area (Å²) in [4.78, 5) is 3.70. The molecule has 0 aliphatic carbocycles. The van der Waals surface area contributed by atoms with E-state index in [9.17, 15) is 18.3 Å². The highest BCUT2D eigenvalue weighted by Gasteiger charge is 2.34. The summed E-state index contributed by atoms with van der Waals surface area (Å²) in [5, 5.41) is 9.61. The quantitative estimate of drug-likeness (QED) is 0.615. The van der Waals surface area contributed by atoms with Gasteiger partial charge < -0.3 is 9.84 Å². The van der Waals surface area contributed by atoms with Gasteiger partial charge in [-0.15, -0.1) is 24.9 Å². The number of ether oxygens (including phenoxy) is 1. The fourth-order valence-corrected chi connectivity index (χ4v) is 4.20. The second kappa shape index (κ2) is 7.87. The lowest BCUT2D eigenvalue weighted by Crippen LogP contribution is -2.40. The molecule has 0 radical (unpaired) electrons. The normalized spacial score (nSPS) is 14.9. The fourth-order valence-electron chi connectivity index (χ4n) is 3.54. The molecule has 1 N–H and O–H groups in total. The van der Waals surface area contributed by atoms with Gasteiger partial charge in [0, 0.05) is 23.5 Å². The molecule has 0 bridgehead atoms. The van der Waals surface area contributed by atoms with Crippen LogP contribution in [0.25, 0.3) is 0 Å². The van der Waals surface area contributed by atoms with E-state index in [1.807, 2.05) is 0 Å². The van der Waals surface area contributed by atoms with Crippen molar-refractivity contribution < 1.29 is 23.0 Å². The van der Waals surface area contributed by atoms with Crippen molar-refractivity contribution in [2.75, 3.05) is 6.26 Å². The number of nitrogens with zero attached hydrogens (tertiary/aromatic N) is 1. The van der Waals surface area contributed by atoms with Crippen molar-refractivity contribution in [1.29, 1.82) is 0 Å². The van der Waals surface area contributed by atoms with Crippen LogP contribution in [0.2, 0.25) is 0 Å². The van der Waals surface area contributed by atoms with Gasteiger partial charge in [-0.2, -0.15) is 0 Å². The molecule has 2 aromatic rings. The molecular weight excluding hydrogens is 387 g/mol. The largest absolute Gasteiger partial charge is 0.573 e. The van der Waals surface area contributed by atoms with Gasteiger partial charge >= 0.3 is 6.36 Å². The smallest absolute Gasteiger partial charge is 0.504 e. The van der Waals surface area contributed by atoms with E-state index in [2.05, 4.69) is 47.9 Å². The van der Waals surface area contributed by atoms with Crippen LogP contribution in [0.4, 0.5) is 13.2 Å². The Morgan fingerprint density at radius 2 is 1.89 bits per heavy atom. The van der Waals surface area contributed by atoms with Crippen molar-refractivity contribution in [3.8, 4) is 11.5 Å². The number of rotatable bonds is 6. The number of alkyl halides is 3. The predicted octanol–water partition coefficient (Wildman–Crippen LogP) is 5.74. The maximum Gasteiger partial charge on any atom is 0.573 e. The number of hydrogen-bond acceptors (Lipinski definition) is 4. The number of phenolic OH excluding ortho intramolecular Hbond substituents is 1. The van der Waals surface area contributed by atoms with Gasteiger partial charge in [-0.25, -0.2) is 0 Å². The van der Waals surface area contributed by atoms with Crippen molar-refractivity contribution in [2.24, 2.45) is 0 Å². The molecule has 0 amide bonds. The zero-order valence-corrected chi connectivity index (χ0v) is 17.0. The van der Waals surface area contributed by atoms with Gasteiger partial charge in [0.25, 0.3) is 0 Å². The van der Waals surface area contributed by atoms with Crippen molar-refractivity contribution >= 4 is 11.8 Å². The monoisotopic (exact) mass is 411 g/mol. The Labute approximate surface area is 167 Å². The summed E-state index contributed by atoms with van der Waals surface area (Å²) in [5.41, 5.74) is 3.28. The molecule has 0 fully saturated rings. The van der Waals surface area contributed by atoms with Crippen LogP contribution in [0.3, 0.4) is 0 Å². The average Bonchev–Trinajstić information content (AvgIpc) is 3.06. The molecule has 28 heavy (non-hydrogen) atoms. The van der Waals surface area contributed by atoms with Crippen LogP contribution in [-0.2, 0) is 19.5 Å². The molecule has 7 heteroatoms. The van der Waals surface area contributed by atoms with Gasteiger partial charge in [0.05, 0.1) is 0 Å². The minimum atomic E-state index is -4.83. The van der Waals surface area contributed by atoms with Crippen molar-refractivity contribution in [3.63, 3.8) is 0 Å². The highest BCUT2D eigenvalue weighted by Crippen LogP contribution is 2.37. The summed E-state index contributed by atoms with van der Waals surface area (Å²) < 4.78 is 41.4. The molecule has 0 saturated carbocycles. The first-order chi connectivity index (χ1) is 13.1. The predicted molar refractivity (Wildman–Crippen MR) is 105 cm³/mol. The number of aromatic hydroxyl groups is 1. The third kappa shape index (κ3) is 4.75. The Hall–Kier alpha value is -1.86. The van der Waals surface area contributed by atoms with E-state index in [0.717, 1.165) is 19.5 Å². The van der Waals surface area contributed by atoms with Crippen LogP contribution in [-0.4, -0.2) is 28.2 Å². The molecule has 152 valence electrons. The highest BCUT2D eigenvalue weighted by atomic mass is 32.2. The average molecular weight is 411 g/mol. The molecule has 3 rings (SSSR count). The Balaban J connectivity index is 1.68. The number of benzene rings is 2. The lowest BCUT2D eigenvalue weighted by molar-refractivity contribution is -0.275. The molecule has 2 aromatic carbocycles. The molecule has 1 aliphatic heterocycles. The summed E-state index contributed by atoms with van der Waals surface area (Å²) in [5.74, 6) is -1.07. The molecule has 0 atom stereocenters. The fraction of sp³-hybridized carbons (Fsp3) is 0.429. The van der Waals surface area contributed by atoms with Crippen molar-refractivity contribution in [3.05, 3.63) is 53.1 Å². The summed E-state index contributed by atoms with van der Waals surface area (Å²) in [6, 6.07) is 10.5. The Bertz CT molecular complexity index is 852. The van der Waals surface area contributed by atoms with E-state index in [1.54, 1.807) is 17.8 Å². The highest BCUT2D eigenvalue weighted by molar-refractivity contribution is 7.98. The summed E-state index contributed by atoms with van der Waals surface area (Å²) >= 11 is 1.75. The number of aryl methyl sites for hydroxylation is 1. The van der Waals surface area contributed by atoms with Gasteiger partial charge in [0.15, 0.2) is 11.5 Å². The van der Waals surface area contributed by atoms with E-state index in [4.69, 9.17) is 0 Å². The van der Waals surface area contributed by atoms with Gasteiger partial charge in [0.2, 0.25) is 0 Å². The third-order valence-corrected chi connectivity index (χ3v) is 6.11. The number of fused-ring (bicyclic) bond motifs is 1. The molecule has 0 aromatic heterocycles. The van der Waals surface area contributed by atoms with Gasteiger partial charge in [-0.05, 0) is 67.8 Å². The third-order valence-electron chi connectivity index (χ3n) is 5.29. The Kier molecular flexibility index (Phi) is 5.87. The van der Waals surface area contributed by atoms with E-state index in [0.29, 0.717) is 12.0 Å². The molecule has 0 unspecified atom stereocenters. The standard InChI is InChI=1S/C21H24F3NO2S/c1-20(2,25-12-15-5-4-6-19(28-3)16(15)13-25)10-9-14-7-8-17(26)18(11-14)27-21(22,23)24/h4-8,11,26H,9-10,12-13H2,1-3H3. The van der Waals surface area contributed by atoms with Crippen LogP contribution < -0.4 is 4.74 Å². The topological polar surface area (TPSA) is 32.7 Å². The van der Waals surface area contributed by atoms with Gasteiger partial charge in [0.1, 0.15) is 0 Å². The van der Waals surface area contributed by atoms with Gasteiger partial charge in [-0.3, -0.25) is 4.90 Å². The van der Waals surface area contributed by atoms with Crippen molar-refractivity contribution in [2.45, 2.75) is 56.6 Å². The minimum absolute atomic E-state index is 0.127. The lowest BCUT2D eigenvalue weighted by atomic mass is 9.93. The van der Waals surface area contributed by atoms with Gasteiger partial charge in [-0.1, -0.05) is 18.2 Å². The van der Waals surface area contributed by atoms with Crippen LogP contribution >= 0.6 is 11.8 Å². The molecular formula is C21H24F3NO2S. The first-order valence-corrected chi connectivity index (χ1v) is 10.3. The van der Waals surface area contributed by atoms with E-state index in [-0.39, 0.29) is 5.54 Å². The number of halogens is 3. The Morgan fingerprint density at radius 1 is 1.14 bits per heavy atom. The van der Waals surface area contributed by atoms with Crippen LogP contribution in [0.5, 0.6) is 11.5 Å². The molecule has 0 spiro atoms. The maximum absolute atomic E-state index is 12.5. The molecule has 1 aliphatic rings. The molecule has 3 nitrogen and oxygen atoms in total. The van der Waals surface area contributed by atoms with Crippen molar-refractivity contribution in [1.82, 2.24) is 4.90 Å². The first kappa shape index (κ1) is 20.9. The SMILES string of the molecule is CSc1cccc2c1CN(C(C)(C)CCc1ccc(O)c(OC(F)(F)F)c1)C2. The zero-order valence-electron chi connectivity index (χ0n) is 16.1. The first-order valence-electron chi connectivity index (χ1n) is 9.06. The van der Waals surface area contributed by atoms with Crippen LogP contribution in [0.1, 0.15) is 37.0 Å². The lowest BCUT2D eigenvalue weighted by Gasteiger charge is -2.35. The zero-order chi connectivity index (χ0) is 20.5. The van der Waals surface area contributed by atoms with Crippen LogP contribution in [0.15, 0.2) is 41.3 Å². The molecule has 0 saturated heterocycles. The van der Waals surface area contributed by atoms with E-state index in [1.165, 1.54) is 28.2 Å². The second-order valence-corrected chi connectivity index (χ2v) is 8.46. The minimum Gasteiger partial charge on any atom is -0.504 e. The second-order valence-electron chi connectivity index (χ2n) is 7.62. The summed E-state index contributed by atoms with van der Waals surface area (Å²) in [6.45, 7) is 6.06.